The molecule has 0 fully saturated rings. The lowest BCUT2D eigenvalue weighted by Gasteiger charge is -2.44. The second kappa shape index (κ2) is 26.7. The zero-order valence-electron chi connectivity index (χ0n) is 27.9. The van der Waals surface area contributed by atoms with Gasteiger partial charge in [-0.05, 0) is 31.1 Å². The maximum Gasteiger partial charge on any atom is 0.470 e. The first-order valence-corrected chi connectivity index (χ1v) is 19.5. The maximum atomic E-state index is 12.3. The van der Waals surface area contributed by atoms with E-state index in [1.165, 1.54) is 128 Å². The van der Waals surface area contributed by atoms with Gasteiger partial charge in [0.1, 0.15) is 0 Å². The first kappa shape index (κ1) is 40.1. The molecule has 0 aromatic heterocycles. The molecule has 5 heteroatoms. The Morgan fingerprint density at radius 3 is 1.07 bits per heavy atom. The smallest absolute Gasteiger partial charge is 0.303 e. The summed E-state index contributed by atoms with van der Waals surface area (Å²) >= 11 is 0. The van der Waals surface area contributed by atoms with Crippen LogP contribution in [-0.2, 0) is 9.09 Å². The fourth-order valence-electron chi connectivity index (χ4n) is 6.62. The van der Waals surface area contributed by atoms with Crippen molar-refractivity contribution in [1.29, 1.82) is 0 Å². The minimum Gasteiger partial charge on any atom is -0.303 e. The quantitative estimate of drug-likeness (QED) is 0.0624. The number of rotatable bonds is 31. The molecule has 0 radical (unpaired) electrons. The van der Waals surface area contributed by atoms with Crippen molar-refractivity contribution >= 4 is 7.82 Å². The number of unbranched alkanes of at least 4 members (excludes halogenated alkanes) is 21. The lowest BCUT2D eigenvalue weighted by atomic mass is 9.71. The molecule has 0 aliphatic carbocycles. The molecule has 2 unspecified atom stereocenters. The Labute approximate surface area is 251 Å². The third-order valence-electron chi connectivity index (χ3n) is 9.36. The summed E-state index contributed by atoms with van der Waals surface area (Å²) in [6.45, 7) is 11.2. The second-order valence-corrected chi connectivity index (χ2v) is 14.3. The molecule has 0 aromatic carbocycles. The molecule has 0 bridgehead atoms. The van der Waals surface area contributed by atoms with Crippen molar-refractivity contribution in [3.05, 3.63) is 0 Å². The third-order valence-corrected chi connectivity index (χ3v) is 9.94. The van der Waals surface area contributed by atoms with Crippen molar-refractivity contribution in [2.24, 2.45) is 11.8 Å². The van der Waals surface area contributed by atoms with Crippen LogP contribution in [0.1, 0.15) is 208 Å². The summed E-state index contributed by atoms with van der Waals surface area (Å²) in [6, 6.07) is 0. The third kappa shape index (κ3) is 21.8. The highest BCUT2D eigenvalue weighted by Crippen LogP contribution is 2.51. The van der Waals surface area contributed by atoms with Crippen LogP contribution >= 0.6 is 7.82 Å². The zero-order chi connectivity index (χ0) is 30.0. The summed E-state index contributed by atoms with van der Waals surface area (Å²) in [5.74, 6) is 0.295. The predicted molar refractivity (Wildman–Crippen MR) is 176 cm³/mol. The highest BCUT2D eigenvalue weighted by atomic mass is 31.2. The molecule has 40 heavy (non-hydrogen) atoms. The van der Waals surface area contributed by atoms with E-state index in [4.69, 9.17) is 4.52 Å². The molecule has 4 nitrogen and oxygen atoms in total. The van der Waals surface area contributed by atoms with Gasteiger partial charge in [0.2, 0.25) is 0 Å². The van der Waals surface area contributed by atoms with Gasteiger partial charge in [0.05, 0.1) is 5.60 Å². The number of hydrogen-bond acceptors (Lipinski definition) is 2. The van der Waals surface area contributed by atoms with E-state index in [1.54, 1.807) is 0 Å². The summed E-state index contributed by atoms with van der Waals surface area (Å²) in [4.78, 5) is 20.1. The molecule has 2 N–H and O–H groups in total. The van der Waals surface area contributed by atoms with Crippen LogP contribution in [0.25, 0.3) is 0 Å². The molecule has 2 atom stereocenters. The highest BCUT2D eigenvalue weighted by molar-refractivity contribution is 7.46. The lowest BCUT2D eigenvalue weighted by molar-refractivity contribution is -0.0673. The van der Waals surface area contributed by atoms with E-state index < -0.39 is 13.4 Å². The minimum absolute atomic E-state index is 0.147. The van der Waals surface area contributed by atoms with Gasteiger partial charge >= 0.3 is 7.82 Å². The number of phosphoric acid groups is 1. The van der Waals surface area contributed by atoms with Crippen LogP contribution in [0.4, 0.5) is 0 Å². The Hall–Kier alpha value is 0.110. The van der Waals surface area contributed by atoms with Crippen LogP contribution in [0.3, 0.4) is 0 Å². The first-order valence-electron chi connectivity index (χ1n) is 18.0. The van der Waals surface area contributed by atoms with Crippen LogP contribution < -0.4 is 0 Å². The van der Waals surface area contributed by atoms with E-state index in [1.807, 2.05) is 0 Å². The topological polar surface area (TPSA) is 66.8 Å². The molecule has 0 saturated heterocycles. The summed E-state index contributed by atoms with van der Waals surface area (Å²) in [7, 11) is -4.59. The molecular weight excluding hydrogens is 515 g/mol. The zero-order valence-corrected chi connectivity index (χ0v) is 28.8. The van der Waals surface area contributed by atoms with Crippen molar-refractivity contribution in [2.45, 2.75) is 214 Å². The van der Waals surface area contributed by atoms with Gasteiger partial charge in [-0.15, -0.1) is 0 Å². The van der Waals surface area contributed by atoms with Crippen molar-refractivity contribution in [3.63, 3.8) is 0 Å². The molecular formula is C35H73O4P. The first-order chi connectivity index (χ1) is 19.2. The van der Waals surface area contributed by atoms with E-state index in [2.05, 4.69) is 34.6 Å². The highest BCUT2D eigenvalue weighted by Gasteiger charge is 2.45. The van der Waals surface area contributed by atoms with E-state index in [0.717, 1.165) is 44.9 Å². The monoisotopic (exact) mass is 589 g/mol. The summed E-state index contributed by atoms with van der Waals surface area (Å²) in [5.41, 5.74) is -0.732. The Balaban J connectivity index is 4.98. The second-order valence-electron chi connectivity index (χ2n) is 13.1. The Bertz CT molecular complexity index is 554. The Morgan fingerprint density at radius 1 is 0.500 bits per heavy atom. The van der Waals surface area contributed by atoms with Crippen LogP contribution in [0.2, 0.25) is 0 Å². The molecule has 0 saturated carbocycles. The SMILES string of the molecule is CCCCCCCCCCCCCCC(OP(=O)(O)O)(C(C)CCCCCCCC)C(C)CCCCCCCC. The van der Waals surface area contributed by atoms with Gasteiger partial charge in [0.25, 0.3) is 0 Å². The van der Waals surface area contributed by atoms with Crippen molar-refractivity contribution < 1.29 is 18.9 Å². The minimum atomic E-state index is -4.59. The van der Waals surface area contributed by atoms with Crippen molar-refractivity contribution in [1.82, 2.24) is 0 Å². The summed E-state index contributed by atoms with van der Waals surface area (Å²) < 4.78 is 18.2. The van der Waals surface area contributed by atoms with Crippen molar-refractivity contribution in [2.75, 3.05) is 0 Å². The Morgan fingerprint density at radius 2 is 0.775 bits per heavy atom. The predicted octanol–water partition coefficient (Wildman–Crippen LogP) is 12.7. The molecule has 0 aliphatic heterocycles. The van der Waals surface area contributed by atoms with Gasteiger partial charge in [-0.3, -0.25) is 4.52 Å². The average Bonchev–Trinajstić information content (AvgIpc) is 2.91. The average molecular weight is 589 g/mol. The summed E-state index contributed by atoms with van der Waals surface area (Å²) in [6.07, 6.45) is 33.2. The van der Waals surface area contributed by atoms with Gasteiger partial charge in [0, 0.05) is 0 Å². The van der Waals surface area contributed by atoms with Gasteiger partial charge in [0.15, 0.2) is 0 Å². The number of phosphoric ester groups is 1. The van der Waals surface area contributed by atoms with Crippen LogP contribution in [0.15, 0.2) is 0 Å². The largest absolute Gasteiger partial charge is 0.470 e. The molecule has 0 aliphatic rings. The normalized spacial score (nSPS) is 15.3. The fraction of sp³-hybridized carbons (Fsp3) is 1.00. The molecule has 0 aromatic rings. The maximum absolute atomic E-state index is 12.3. The Kier molecular flexibility index (Phi) is 26.8. The standard InChI is InChI=1S/C35H73O4P/c1-6-9-12-15-18-19-20-21-22-23-26-29-32-35(39-40(36,37)38,33(4)30-27-24-16-13-10-7-2)34(5)31-28-25-17-14-11-8-3/h33-34H,6-32H2,1-5H3,(H2,36,37,38). The van der Waals surface area contributed by atoms with Crippen molar-refractivity contribution in [3.8, 4) is 0 Å². The van der Waals surface area contributed by atoms with Crippen LogP contribution in [0, 0.1) is 11.8 Å². The molecule has 0 heterocycles. The van der Waals surface area contributed by atoms with Gasteiger partial charge < -0.3 is 9.79 Å². The molecule has 0 amide bonds. The van der Waals surface area contributed by atoms with Gasteiger partial charge in [-0.1, -0.05) is 189 Å². The summed E-state index contributed by atoms with van der Waals surface area (Å²) in [5, 5.41) is 0. The van der Waals surface area contributed by atoms with Gasteiger partial charge in [-0.25, -0.2) is 4.57 Å². The number of hydrogen-bond donors (Lipinski definition) is 2. The van der Waals surface area contributed by atoms with E-state index in [-0.39, 0.29) is 11.8 Å². The van der Waals surface area contributed by atoms with Crippen LogP contribution in [0.5, 0.6) is 0 Å². The van der Waals surface area contributed by atoms with E-state index in [9.17, 15) is 14.4 Å². The van der Waals surface area contributed by atoms with E-state index >= 15 is 0 Å². The molecule has 0 spiro atoms. The molecule has 242 valence electrons. The van der Waals surface area contributed by atoms with Gasteiger partial charge in [-0.2, -0.15) is 0 Å². The van der Waals surface area contributed by atoms with Crippen LogP contribution in [-0.4, -0.2) is 15.4 Å². The molecule has 0 rings (SSSR count). The van der Waals surface area contributed by atoms with E-state index in [0.29, 0.717) is 0 Å². The fourth-order valence-corrected chi connectivity index (χ4v) is 7.51. The lowest BCUT2D eigenvalue weighted by Crippen LogP contribution is -2.45.